The molecule has 0 radical (unpaired) electrons. The van der Waals surface area contributed by atoms with Gasteiger partial charge in [0.25, 0.3) is 0 Å². The zero-order valence-corrected chi connectivity index (χ0v) is 12.3. The number of hydrogen-bond acceptors (Lipinski definition) is 4. The first-order valence-corrected chi connectivity index (χ1v) is 7.87. The van der Waals surface area contributed by atoms with Gasteiger partial charge in [0.2, 0.25) is 0 Å². The van der Waals surface area contributed by atoms with E-state index in [-0.39, 0.29) is 5.78 Å². The van der Waals surface area contributed by atoms with Crippen LogP contribution < -0.4 is 0 Å². The molecule has 0 spiro atoms. The molecule has 5 heteroatoms. The Morgan fingerprint density at radius 1 is 1.24 bits per heavy atom. The van der Waals surface area contributed by atoms with Gasteiger partial charge in [-0.1, -0.05) is 6.58 Å². The van der Waals surface area contributed by atoms with Crippen LogP contribution in [0.3, 0.4) is 0 Å². The predicted molar refractivity (Wildman–Crippen MR) is 70.3 cm³/mol. The summed E-state index contributed by atoms with van der Waals surface area (Å²) in [6.45, 7) is 11.1. The largest absolute Gasteiger partial charge is 0.396 e. The molecule has 100 valence electrons. The minimum Gasteiger partial charge on any atom is -0.396 e. The van der Waals surface area contributed by atoms with Gasteiger partial charge in [0.15, 0.2) is 5.78 Å². The monoisotopic (exact) mass is 260 g/mol. The van der Waals surface area contributed by atoms with E-state index < -0.39 is 9.28 Å². The lowest BCUT2D eigenvalue weighted by Gasteiger charge is -2.14. The van der Waals surface area contributed by atoms with Crippen molar-refractivity contribution in [2.75, 3.05) is 26.1 Å². The van der Waals surface area contributed by atoms with Crippen molar-refractivity contribution in [2.45, 2.75) is 33.6 Å². The second kappa shape index (κ2) is 10.6. The van der Waals surface area contributed by atoms with Gasteiger partial charge in [-0.25, -0.2) is 0 Å². The Morgan fingerprint density at radius 3 is 2.29 bits per heavy atom. The summed E-state index contributed by atoms with van der Waals surface area (Å²) in [6, 6.07) is 0. The zero-order chi connectivity index (χ0) is 13.1. The number of ether oxygens (including phenoxy) is 1. The first-order chi connectivity index (χ1) is 8.11. The van der Waals surface area contributed by atoms with Crippen LogP contribution >= 0.6 is 0 Å². The maximum absolute atomic E-state index is 11.2. The summed E-state index contributed by atoms with van der Waals surface area (Å²) >= 11 is 0. The zero-order valence-electron chi connectivity index (χ0n) is 11.2. The second-order valence-corrected chi connectivity index (χ2v) is 5.58. The molecular weight excluding hydrogens is 236 g/mol. The molecule has 4 nitrogen and oxygen atoms in total. The van der Waals surface area contributed by atoms with Crippen LogP contribution in [0.2, 0.25) is 0 Å². The van der Waals surface area contributed by atoms with Gasteiger partial charge in [-0.15, -0.1) is 0 Å². The topological polar surface area (TPSA) is 44.8 Å². The summed E-state index contributed by atoms with van der Waals surface area (Å²) in [5, 5.41) is 0. The summed E-state index contributed by atoms with van der Waals surface area (Å²) in [4.78, 5) is 11.2. The minimum atomic E-state index is -1.65. The fourth-order valence-corrected chi connectivity index (χ4v) is 2.64. The average Bonchev–Trinajstić information content (AvgIpc) is 2.28. The van der Waals surface area contributed by atoms with Crippen LogP contribution in [0.1, 0.15) is 33.6 Å². The Labute approximate surface area is 106 Å². The van der Waals surface area contributed by atoms with Gasteiger partial charge in [0, 0.05) is 26.2 Å². The second-order valence-electron chi connectivity index (χ2n) is 3.72. The van der Waals surface area contributed by atoms with Crippen LogP contribution in [0.25, 0.3) is 0 Å². The van der Waals surface area contributed by atoms with E-state index in [0.29, 0.717) is 38.0 Å². The Morgan fingerprint density at radius 2 is 1.82 bits per heavy atom. The summed E-state index contributed by atoms with van der Waals surface area (Å²) in [5.74, 6) is 0.108. The highest BCUT2D eigenvalue weighted by Gasteiger charge is 2.12. The van der Waals surface area contributed by atoms with Gasteiger partial charge in [-0.2, -0.15) is 0 Å². The maximum Gasteiger partial charge on any atom is 0.348 e. The lowest BCUT2D eigenvalue weighted by atomic mass is 10.1. The molecular formula is C12H24O4Si. The number of carbonyl (C=O) groups excluding carboxylic acids is 1. The highest BCUT2D eigenvalue weighted by Crippen LogP contribution is 2.00. The molecule has 0 fully saturated rings. The molecule has 0 N–H and O–H groups in total. The Bertz CT molecular complexity index is 225. The lowest BCUT2D eigenvalue weighted by Crippen LogP contribution is -2.29. The number of rotatable bonds is 11. The average molecular weight is 260 g/mol. The van der Waals surface area contributed by atoms with Crippen molar-refractivity contribution in [2.24, 2.45) is 0 Å². The van der Waals surface area contributed by atoms with E-state index >= 15 is 0 Å². The van der Waals surface area contributed by atoms with Crippen LogP contribution in [0.4, 0.5) is 0 Å². The minimum absolute atomic E-state index is 0.108. The van der Waals surface area contributed by atoms with Crippen LogP contribution in [0, 0.1) is 0 Å². The fourth-order valence-electron chi connectivity index (χ4n) is 1.24. The Kier molecular flexibility index (Phi) is 10.3. The van der Waals surface area contributed by atoms with E-state index in [1.165, 1.54) is 0 Å². The maximum atomic E-state index is 11.2. The molecule has 0 aromatic carbocycles. The van der Waals surface area contributed by atoms with E-state index in [1.807, 2.05) is 13.8 Å². The van der Waals surface area contributed by atoms with E-state index in [9.17, 15) is 4.79 Å². The standard InChI is InChI=1S/C12H24O4Si/c1-5-15-17(16-6-2)10-14-9-7-8-12(13)11(3)4/h17H,3,5-10H2,1-2,4H3. The predicted octanol–water partition coefficient (Wildman–Crippen LogP) is 1.76. The van der Waals surface area contributed by atoms with Gasteiger partial charge in [0.1, 0.15) is 0 Å². The molecule has 0 aromatic rings. The highest BCUT2D eigenvalue weighted by atomic mass is 28.3. The quantitative estimate of drug-likeness (QED) is 0.322. The molecule has 0 aliphatic rings. The van der Waals surface area contributed by atoms with Gasteiger partial charge in [-0.05, 0) is 32.8 Å². The molecule has 0 rings (SSSR count). The number of carbonyl (C=O) groups is 1. The third kappa shape index (κ3) is 9.23. The Hall–Kier alpha value is -0.493. The van der Waals surface area contributed by atoms with Crippen molar-refractivity contribution < 1.29 is 18.4 Å². The van der Waals surface area contributed by atoms with Crippen molar-refractivity contribution in [3.8, 4) is 0 Å². The van der Waals surface area contributed by atoms with Gasteiger partial charge in [0.05, 0.1) is 6.23 Å². The van der Waals surface area contributed by atoms with Crippen molar-refractivity contribution in [3.63, 3.8) is 0 Å². The first-order valence-electron chi connectivity index (χ1n) is 6.11. The van der Waals surface area contributed by atoms with Crippen molar-refractivity contribution in [1.29, 1.82) is 0 Å². The molecule has 0 heterocycles. The number of ketones is 1. The molecule has 17 heavy (non-hydrogen) atoms. The summed E-state index contributed by atoms with van der Waals surface area (Å²) in [6.07, 6.45) is 1.78. The summed E-state index contributed by atoms with van der Waals surface area (Å²) in [5.41, 5.74) is 0.612. The van der Waals surface area contributed by atoms with Gasteiger partial charge >= 0.3 is 9.28 Å². The smallest absolute Gasteiger partial charge is 0.348 e. The summed E-state index contributed by atoms with van der Waals surface area (Å²) < 4.78 is 16.4. The Balaban J connectivity index is 3.54. The molecule has 0 aliphatic carbocycles. The highest BCUT2D eigenvalue weighted by molar-refractivity contribution is 6.44. The lowest BCUT2D eigenvalue weighted by molar-refractivity contribution is -0.115. The van der Waals surface area contributed by atoms with E-state index in [2.05, 4.69) is 6.58 Å². The van der Waals surface area contributed by atoms with E-state index in [0.717, 1.165) is 6.42 Å². The third-order valence-corrected chi connectivity index (χ3v) is 4.05. The van der Waals surface area contributed by atoms with E-state index in [4.69, 9.17) is 13.6 Å². The van der Waals surface area contributed by atoms with Crippen LogP contribution in [0.15, 0.2) is 12.2 Å². The number of Topliss-reactive ketones (excluding diaryl/α,β-unsaturated/α-hetero) is 1. The van der Waals surface area contributed by atoms with Crippen molar-refractivity contribution >= 4 is 15.1 Å². The molecule has 0 amide bonds. The van der Waals surface area contributed by atoms with Crippen LogP contribution in [-0.2, 0) is 18.4 Å². The van der Waals surface area contributed by atoms with Crippen molar-refractivity contribution in [3.05, 3.63) is 12.2 Å². The number of hydrogen-bond donors (Lipinski definition) is 0. The van der Waals surface area contributed by atoms with Crippen LogP contribution in [0.5, 0.6) is 0 Å². The molecule has 0 saturated heterocycles. The molecule has 0 bridgehead atoms. The molecule has 0 atom stereocenters. The summed E-state index contributed by atoms with van der Waals surface area (Å²) in [7, 11) is -1.65. The molecule has 0 aromatic heterocycles. The molecule has 0 unspecified atom stereocenters. The van der Waals surface area contributed by atoms with Gasteiger partial charge < -0.3 is 13.6 Å². The molecule has 0 aliphatic heterocycles. The van der Waals surface area contributed by atoms with E-state index in [1.54, 1.807) is 6.92 Å². The normalized spacial score (nSPS) is 10.8. The SMILES string of the molecule is C=C(C)C(=O)CCCOC[SiH](OCC)OCC. The molecule has 0 saturated carbocycles. The van der Waals surface area contributed by atoms with Crippen molar-refractivity contribution in [1.82, 2.24) is 0 Å². The fraction of sp³-hybridized carbons (Fsp3) is 0.750. The first kappa shape index (κ1) is 16.5. The number of allylic oxidation sites excluding steroid dienone is 1. The van der Waals surface area contributed by atoms with Gasteiger partial charge in [-0.3, -0.25) is 4.79 Å². The third-order valence-electron chi connectivity index (χ3n) is 2.13. The van der Waals surface area contributed by atoms with Crippen LogP contribution in [-0.4, -0.2) is 41.1 Å².